The molecular weight excluding hydrogens is 236 g/mol. The van der Waals surface area contributed by atoms with Gasteiger partial charge in [0.05, 0.1) is 12.2 Å². The van der Waals surface area contributed by atoms with Crippen molar-refractivity contribution in [1.82, 2.24) is 9.97 Å². The molecule has 0 radical (unpaired) electrons. The normalized spacial score (nSPS) is 14.8. The van der Waals surface area contributed by atoms with Crippen LogP contribution >= 0.6 is 0 Å². The first kappa shape index (κ1) is 11.5. The van der Waals surface area contributed by atoms with Crippen molar-refractivity contribution in [3.63, 3.8) is 0 Å². The summed E-state index contributed by atoms with van der Waals surface area (Å²) in [6.07, 6.45) is 9.09. The van der Waals surface area contributed by atoms with E-state index < -0.39 is 0 Å². The van der Waals surface area contributed by atoms with Crippen molar-refractivity contribution >= 4 is 11.4 Å². The van der Waals surface area contributed by atoms with E-state index in [1.807, 2.05) is 42.7 Å². The van der Waals surface area contributed by atoms with Gasteiger partial charge in [-0.05, 0) is 24.3 Å². The van der Waals surface area contributed by atoms with E-state index in [4.69, 9.17) is 5.73 Å². The van der Waals surface area contributed by atoms with Crippen molar-refractivity contribution in [3.8, 4) is 0 Å². The minimum Gasteiger partial charge on any atom is -0.401 e. The van der Waals surface area contributed by atoms with Crippen LogP contribution in [-0.2, 0) is 0 Å². The Balaban J connectivity index is 2.04. The van der Waals surface area contributed by atoms with Gasteiger partial charge in [0, 0.05) is 29.3 Å². The van der Waals surface area contributed by atoms with E-state index in [9.17, 15) is 0 Å². The molecule has 4 heteroatoms. The van der Waals surface area contributed by atoms with Crippen LogP contribution in [-0.4, -0.2) is 16.5 Å². The number of hydrogen-bond acceptors (Lipinski definition) is 4. The first-order chi connectivity index (χ1) is 9.34. The summed E-state index contributed by atoms with van der Waals surface area (Å²) in [5.41, 5.74) is 9.93. The molecule has 1 aromatic heterocycles. The molecule has 1 aliphatic rings. The van der Waals surface area contributed by atoms with E-state index in [0.29, 0.717) is 6.54 Å². The zero-order valence-electron chi connectivity index (χ0n) is 10.4. The second-order valence-corrected chi connectivity index (χ2v) is 4.34. The first-order valence-electron chi connectivity index (χ1n) is 6.09. The molecule has 2 N–H and O–H groups in total. The number of nitrogens with two attached hydrogens (primary N) is 1. The van der Waals surface area contributed by atoms with E-state index in [1.165, 1.54) is 6.33 Å². The van der Waals surface area contributed by atoms with Crippen LogP contribution in [0, 0.1) is 0 Å². The van der Waals surface area contributed by atoms with Crippen LogP contribution in [0.15, 0.2) is 66.9 Å². The van der Waals surface area contributed by atoms with Gasteiger partial charge in [0.25, 0.3) is 0 Å². The number of allylic oxidation sites excluding steroid dienone is 2. The summed E-state index contributed by atoms with van der Waals surface area (Å²) < 4.78 is 0. The molecule has 0 spiro atoms. The number of hydrogen-bond donors (Lipinski definition) is 1. The van der Waals surface area contributed by atoms with Crippen LogP contribution in [0.3, 0.4) is 0 Å². The summed E-state index contributed by atoms with van der Waals surface area (Å²) in [5, 5.41) is 0. The quantitative estimate of drug-likeness (QED) is 0.887. The van der Waals surface area contributed by atoms with Gasteiger partial charge in [-0.15, -0.1) is 0 Å². The highest BCUT2D eigenvalue weighted by Crippen LogP contribution is 2.28. The molecule has 1 aromatic carbocycles. The molecule has 2 heterocycles. The first-order valence-corrected chi connectivity index (χ1v) is 6.09. The summed E-state index contributed by atoms with van der Waals surface area (Å²) in [6, 6.07) is 10.2. The van der Waals surface area contributed by atoms with Gasteiger partial charge in [-0.1, -0.05) is 18.2 Å². The summed E-state index contributed by atoms with van der Waals surface area (Å²) in [4.78, 5) is 10.3. The minimum atomic E-state index is 0.671. The maximum atomic E-state index is 5.95. The molecule has 2 aromatic rings. The van der Waals surface area contributed by atoms with E-state index >= 15 is 0 Å². The van der Waals surface area contributed by atoms with Crippen molar-refractivity contribution in [2.75, 3.05) is 11.4 Å². The zero-order chi connectivity index (χ0) is 13.1. The predicted molar refractivity (Wildman–Crippen MR) is 76.1 cm³/mol. The Morgan fingerprint density at radius 2 is 1.74 bits per heavy atom. The zero-order valence-corrected chi connectivity index (χ0v) is 10.4. The van der Waals surface area contributed by atoms with Gasteiger partial charge in [0.1, 0.15) is 6.33 Å². The molecule has 19 heavy (non-hydrogen) atoms. The number of benzene rings is 1. The number of nitrogens with zero attached hydrogens (tertiary/aromatic N) is 3. The van der Waals surface area contributed by atoms with Gasteiger partial charge in [-0.3, -0.25) is 0 Å². The Bertz CT molecular complexity index is 617. The van der Waals surface area contributed by atoms with Crippen LogP contribution in [0.5, 0.6) is 0 Å². The van der Waals surface area contributed by atoms with E-state index in [0.717, 1.165) is 22.6 Å². The molecule has 0 saturated heterocycles. The average Bonchev–Trinajstić information content (AvgIpc) is 2.49. The molecule has 1 aliphatic heterocycles. The average molecular weight is 250 g/mol. The standard InChI is InChI=1S/C15H14N4/c16-13-6-7-15(12-8-17-11-18-9-12)19(10-13)14-4-2-1-3-5-14/h1-9,11H,10,16H2. The van der Waals surface area contributed by atoms with E-state index in [-0.39, 0.29) is 0 Å². The Hall–Kier alpha value is -2.62. The Morgan fingerprint density at radius 3 is 2.47 bits per heavy atom. The molecule has 0 bridgehead atoms. The molecule has 0 saturated carbocycles. The lowest BCUT2D eigenvalue weighted by Crippen LogP contribution is -2.29. The minimum absolute atomic E-state index is 0.671. The Labute approximate surface area is 111 Å². The van der Waals surface area contributed by atoms with Crippen LogP contribution < -0.4 is 10.6 Å². The molecule has 0 fully saturated rings. The van der Waals surface area contributed by atoms with E-state index in [2.05, 4.69) is 27.0 Å². The highest BCUT2D eigenvalue weighted by Gasteiger charge is 2.17. The monoisotopic (exact) mass is 250 g/mol. The van der Waals surface area contributed by atoms with Crippen molar-refractivity contribution in [1.29, 1.82) is 0 Å². The van der Waals surface area contributed by atoms with Crippen LogP contribution in [0.25, 0.3) is 5.70 Å². The number of para-hydroxylation sites is 1. The maximum Gasteiger partial charge on any atom is 0.115 e. The lowest BCUT2D eigenvalue weighted by atomic mass is 10.1. The molecule has 0 atom stereocenters. The lowest BCUT2D eigenvalue weighted by molar-refractivity contribution is 1.00. The Morgan fingerprint density at radius 1 is 1.00 bits per heavy atom. The fraction of sp³-hybridized carbons (Fsp3) is 0.0667. The number of anilines is 1. The summed E-state index contributed by atoms with van der Waals surface area (Å²) in [5.74, 6) is 0. The van der Waals surface area contributed by atoms with Crippen molar-refractivity contribution in [2.45, 2.75) is 0 Å². The number of rotatable bonds is 2. The fourth-order valence-electron chi connectivity index (χ4n) is 2.12. The number of aromatic nitrogens is 2. The molecule has 94 valence electrons. The third-order valence-corrected chi connectivity index (χ3v) is 3.01. The topological polar surface area (TPSA) is 55.0 Å². The highest BCUT2D eigenvalue weighted by atomic mass is 15.2. The van der Waals surface area contributed by atoms with Crippen LogP contribution in [0.2, 0.25) is 0 Å². The van der Waals surface area contributed by atoms with Gasteiger partial charge in [-0.2, -0.15) is 0 Å². The third kappa shape index (κ3) is 2.33. The largest absolute Gasteiger partial charge is 0.401 e. The summed E-state index contributed by atoms with van der Waals surface area (Å²) in [6.45, 7) is 0.671. The smallest absolute Gasteiger partial charge is 0.115 e. The summed E-state index contributed by atoms with van der Waals surface area (Å²) >= 11 is 0. The molecule has 0 amide bonds. The third-order valence-electron chi connectivity index (χ3n) is 3.01. The van der Waals surface area contributed by atoms with Gasteiger partial charge in [0.2, 0.25) is 0 Å². The molecule has 0 unspecified atom stereocenters. The molecule has 0 aliphatic carbocycles. The van der Waals surface area contributed by atoms with Crippen LogP contribution in [0.1, 0.15) is 5.56 Å². The van der Waals surface area contributed by atoms with Crippen molar-refractivity contribution in [2.24, 2.45) is 5.73 Å². The highest BCUT2D eigenvalue weighted by molar-refractivity contribution is 5.81. The van der Waals surface area contributed by atoms with Gasteiger partial charge < -0.3 is 10.6 Å². The van der Waals surface area contributed by atoms with Gasteiger partial charge in [-0.25, -0.2) is 9.97 Å². The summed E-state index contributed by atoms with van der Waals surface area (Å²) in [7, 11) is 0. The molecule has 4 nitrogen and oxygen atoms in total. The van der Waals surface area contributed by atoms with Crippen molar-refractivity contribution < 1.29 is 0 Å². The Kier molecular flexibility index (Phi) is 2.98. The maximum absolute atomic E-state index is 5.95. The lowest BCUT2D eigenvalue weighted by Gasteiger charge is -2.30. The SMILES string of the molecule is NC1=CC=C(c2cncnc2)N(c2ccccc2)C1. The predicted octanol–water partition coefficient (Wildman–Crippen LogP) is 2.18. The van der Waals surface area contributed by atoms with Gasteiger partial charge in [0.15, 0.2) is 0 Å². The van der Waals surface area contributed by atoms with Crippen LogP contribution in [0.4, 0.5) is 5.69 Å². The van der Waals surface area contributed by atoms with Gasteiger partial charge >= 0.3 is 0 Å². The molecular formula is C15H14N4. The molecule has 3 rings (SSSR count). The second-order valence-electron chi connectivity index (χ2n) is 4.34. The van der Waals surface area contributed by atoms with E-state index in [1.54, 1.807) is 0 Å². The fourth-order valence-corrected chi connectivity index (χ4v) is 2.12. The van der Waals surface area contributed by atoms with Crippen molar-refractivity contribution in [3.05, 3.63) is 72.5 Å². The second kappa shape index (κ2) is 4.94.